The van der Waals surface area contributed by atoms with Crippen LogP contribution in [0, 0.1) is 34.5 Å². The van der Waals surface area contributed by atoms with Gasteiger partial charge in [-0.25, -0.2) is 0 Å². The molecule has 50 heavy (non-hydrogen) atoms. The van der Waals surface area contributed by atoms with Crippen LogP contribution < -0.4 is 0 Å². The molecule has 0 aliphatic heterocycles. The van der Waals surface area contributed by atoms with Crippen LogP contribution in [0.15, 0.2) is 72.8 Å². The van der Waals surface area contributed by atoms with Gasteiger partial charge in [0.1, 0.15) is 11.5 Å². The molecular formula is C48H54O2. The maximum Gasteiger partial charge on any atom is 0.131 e. The standard InChI is InChI=1S/C48H54O2/c1-47-23-9-15-41(47)33-17-19-35-39(31(33)21-25-47)27-37(29-11-5-3-6-12-29)45(49)43(35)44-36-20-18-34-32(22-26-48(2)24-10-16-42(34)48)40(36)28-38(46(44)50)30-13-7-4-8-14-30/h3-8,11-14,27-28,31-34,41-42,49-50H,9-10,15-26H2,1-2H3/t31-,32-,33+,34+,41-,42-,47-,48-/m0/s1. The van der Waals surface area contributed by atoms with E-state index in [1.54, 1.807) is 0 Å². The van der Waals surface area contributed by atoms with Crippen LogP contribution in [0.1, 0.15) is 125 Å². The fraction of sp³-hybridized carbons (Fsp3) is 0.500. The molecule has 4 aromatic carbocycles. The Morgan fingerprint density at radius 1 is 0.520 bits per heavy atom. The highest BCUT2D eigenvalue weighted by Crippen LogP contribution is 2.65. The van der Waals surface area contributed by atoms with E-state index in [4.69, 9.17) is 0 Å². The fourth-order valence-corrected chi connectivity index (χ4v) is 13.6. The Hall–Kier alpha value is -3.52. The van der Waals surface area contributed by atoms with Gasteiger partial charge in [0.2, 0.25) is 0 Å². The summed E-state index contributed by atoms with van der Waals surface area (Å²) in [6.45, 7) is 5.17. The van der Waals surface area contributed by atoms with Crippen molar-refractivity contribution >= 4 is 0 Å². The van der Waals surface area contributed by atoms with Gasteiger partial charge in [0.15, 0.2) is 0 Å². The first kappa shape index (κ1) is 31.2. The third kappa shape index (κ3) is 4.51. The molecule has 0 saturated heterocycles. The Morgan fingerprint density at radius 3 is 1.36 bits per heavy atom. The summed E-state index contributed by atoms with van der Waals surface area (Å²) in [5.41, 5.74) is 12.5. The van der Waals surface area contributed by atoms with E-state index in [1.165, 1.54) is 99.3 Å². The largest absolute Gasteiger partial charge is 0.507 e. The van der Waals surface area contributed by atoms with E-state index in [9.17, 15) is 10.2 Å². The Balaban J connectivity index is 1.22. The van der Waals surface area contributed by atoms with Crippen molar-refractivity contribution < 1.29 is 10.2 Å². The molecule has 0 unspecified atom stereocenters. The van der Waals surface area contributed by atoms with Crippen LogP contribution in [0.5, 0.6) is 11.5 Å². The van der Waals surface area contributed by atoms with Crippen LogP contribution in [-0.4, -0.2) is 10.2 Å². The van der Waals surface area contributed by atoms with Crippen molar-refractivity contribution in [3.05, 3.63) is 95.1 Å². The molecule has 4 fully saturated rings. The molecule has 6 aliphatic rings. The lowest BCUT2D eigenvalue weighted by atomic mass is 9.54. The average molecular weight is 663 g/mol. The van der Waals surface area contributed by atoms with Gasteiger partial charge in [-0.05, 0) is 169 Å². The first-order valence-electron chi connectivity index (χ1n) is 20.2. The van der Waals surface area contributed by atoms with Crippen molar-refractivity contribution in [3.63, 3.8) is 0 Å². The van der Waals surface area contributed by atoms with Gasteiger partial charge in [-0.1, -0.05) is 87.4 Å². The van der Waals surface area contributed by atoms with Gasteiger partial charge in [0.05, 0.1) is 0 Å². The molecule has 4 saturated carbocycles. The van der Waals surface area contributed by atoms with E-state index in [1.807, 2.05) is 0 Å². The van der Waals surface area contributed by atoms with Crippen LogP contribution in [-0.2, 0) is 12.8 Å². The minimum atomic E-state index is 0.367. The van der Waals surface area contributed by atoms with Crippen LogP contribution in [0.25, 0.3) is 33.4 Å². The quantitative estimate of drug-likeness (QED) is 0.229. The van der Waals surface area contributed by atoms with E-state index < -0.39 is 0 Å². The second-order valence-electron chi connectivity index (χ2n) is 18.2. The van der Waals surface area contributed by atoms with Gasteiger partial charge in [0, 0.05) is 22.3 Å². The van der Waals surface area contributed by atoms with Crippen molar-refractivity contribution in [1.29, 1.82) is 0 Å². The molecule has 2 heteroatoms. The van der Waals surface area contributed by atoms with Gasteiger partial charge in [0.25, 0.3) is 0 Å². The number of hydrogen-bond donors (Lipinski definition) is 2. The highest BCUT2D eigenvalue weighted by atomic mass is 16.3. The smallest absolute Gasteiger partial charge is 0.131 e. The summed E-state index contributed by atoms with van der Waals surface area (Å²) in [7, 11) is 0. The molecule has 0 heterocycles. The van der Waals surface area contributed by atoms with Crippen molar-refractivity contribution in [1.82, 2.24) is 0 Å². The number of rotatable bonds is 3. The summed E-state index contributed by atoms with van der Waals surface area (Å²) in [6.07, 6.45) is 17.7. The number of fused-ring (bicyclic) bond motifs is 10. The number of hydrogen-bond acceptors (Lipinski definition) is 2. The first-order valence-corrected chi connectivity index (χ1v) is 20.2. The SMILES string of the molecule is C[C@@]12CCC[C@H]1[C@@H]1CCc3c(cc(-c4ccccc4)c(O)c3-c3c(O)c(-c4ccccc4)cc4c3CC[C@@H]3[C@@H]4CC[C@]4(C)CCC[C@@H]34)[C@H]1CC2. The molecule has 0 spiro atoms. The van der Waals surface area contributed by atoms with Crippen LogP contribution in [0.2, 0.25) is 0 Å². The lowest BCUT2D eigenvalue weighted by Gasteiger charge is -2.50. The maximum atomic E-state index is 12.7. The lowest BCUT2D eigenvalue weighted by Crippen LogP contribution is -2.40. The molecule has 0 aromatic heterocycles. The topological polar surface area (TPSA) is 40.5 Å². The molecular weight excluding hydrogens is 609 g/mol. The highest BCUT2D eigenvalue weighted by molar-refractivity contribution is 5.94. The van der Waals surface area contributed by atoms with Crippen LogP contribution >= 0.6 is 0 Å². The molecule has 2 N–H and O–H groups in total. The van der Waals surface area contributed by atoms with E-state index >= 15 is 0 Å². The second kappa shape index (κ2) is 11.5. The first-order chi connectivity index (χ1) is 24.3. The summed E-state index contributed by atoms with van der Waals surface area (Å²) < 4.78 is 0. The van der Waals surface area contributed by atoms with E-state index in [0.717, 1.165) is 58.1 Å². The number of phenols is 2. The minimum Gasteiger partial charge on any atom is -0.507 e. The summed E-state index contributed by atoms with van der Waals surface area (Å²) in [5.74, 6) is 4.82. The highest BCUT2D eigenvalue weighted by Gasteiger charge is 2.52. The molecule has 4 aromatic rings. The van der Waals surface area contributed by atoms with E-state index in [0.29, 0.717) is 46.0 Å². The van der Waals surface area contributed by atoms with Crippen molar-refractivity contribution in [2.75, 3.05) is 0 Å². The maximum absolute atomic E-state index is 12.7. The molecule has 8 atom stereocenters. The zero-order valence-electron chi connectivity index (χ0n) is 30.2. The summed E-state index contributed by atoms with van der Waals surface area (Å²) in [6, 6.07) is 25.9. The van der Waals surface area contributed by atoms with Gasteiger partial charge in [-0.15, -0.1) is 0 Å². The third-order valence-corrected chi connectivity index (χ3v) is 16.0. The van der Waals surface area contributed by atoms with Crippen LogP contribution in [0.4, 0.5) is 0 Å². The van der Waals surface area contributed by atoms with Gasteiger partial charge < -0.3 is 10.2 Å². The molecule has 0 radical (unpaired) electrons. The molecule has 0 amide bonds. The molecule has 0 bridgehead atoms. The molecule has 6 aliphatic carbocycles. The minimum absolute atomic E-state index is 0.367. The zero-order chi connectivity index (χ0) is 33.8. The van der Waals surface area contributed by atoms with Crippen LogP contribution in [0.3, 0.4) is 0 Å². The number of benzene rings is 4. The predicted octanol–water partition coefficient (Wildman–Crippen LogP) is 12.6. The Kier molecular flexibility index (Phi) is 7.18. The normalized spacial score (nSPS) is 33.8. The van der Waals surface area contributed by atoms with E-state index in [2.05, 4.69) is 86.6 Å². The van der Waals surface area contributed by atoms with Gasteiger partial charge in [-0.3, -0.25) is 0 Å². The summed E-state index contributed by atoms with van der Waals surface area (Å²) >= 11 is 0. The average Bonchev–Trinajstić information content (AvgIpc) is 3.74. The second-order valence-corrected chi connectivity index (χ2v) is 18.2. The van der Waals surface area contributed by atoms with Gasteiger partial charge >= 0.3 is 0 Å². The number of aromatic hydroxyl groups is 2. The Morgan fingerprint density at radius 2 is 0.940 bits per heavy atom. The third-order valence-electron chi connectivity index (χ3n) is 16.0. The molecule has 258 valence electrons. The molecule has 2 nitrogen and oxygen atoms in total. The lowest BCUT2D eigenvalue weighted by molar-refractivity contribution is 0.0596. The Labute approximate surface area is 299 Å². The fourth-order valence-electron chi connectivity index (χ4n) is 13.6. The monoisotopic (exact) mass is 662 g/mol. The van der Waals surface area contributed by atoms with Crippen molar-refractivity contribution in [2.45, 2.75) is 116 Å². The zero-order valence-corrected chi connectivity index (χ0v) is 30.2. The summed E-state index contributed by atoms with van der Waals surface area (Å²) in [4.78, 5) is 0. The van der Waals surface area contributed by atoms with Gasteiger partial charge in [-0.2, -0.15) is 0 Å². The van der Waals surface area contributed by atoms with E-state index in [-0.39, 0.29) is 0 Å². The van der Waals surface area contributed by atoms with Crippen molar-refractivity contribution in [3.8, 4) is 44.9 Å². The predicted molar refractivity (Wildman–Crippen MR) is 205 cm³/mol. The number of phenolic OH excluding ortho intramolecular Hbond substituents is 2. The Bertz CT molecular complexity index is 1820. The van der Waals surface area contributed by atoms with Crippen molar-refractivity contribution in [2.24, 2.45) is 34.5 Å². The summed E-state index contributed by atoms with van der Waals surface area (Å²) in [5, 5.41) is 25.4. The molecule has 10 rings (SSSR count).